The molecule has 2 saturated heterocycles. The number of benzene rings is 2. The number of hydrogen-bond donors (Lipinski definition) is 3. The molecule has 0 spiro atoms. The van der Waals surface area contributed by atoms with Gasteiger partial charge in [0.2, 0.25) is 11.8 Å². The highest BCUT2D eigenvalue weighted by molar-refractivity contribution is 6.01. The normalized spacial score (nSPS) is 24.4. The molecule has 2 aromatic carbocycles. The van der Waals surface area contributed by atoms with Crippen LogP contribution < -0.4 is 16.0 Å². The van der Waals surface area contributed by atoms with Gasteiger partial charge >= 0.3 is 0 Å². The zero-order chi connectivity index (χ0) is 34.3. The number of anilines is 2. The Bertz CT molecular complexity index is 1860. The lowest BCUT2D eigenvalue weighted by Gasteiger charge is -2.44. The van der Waals surface area contributed by atoms with Gasteiger partial charge in [-0.25, -0.2) is 8.78 Å². The number of imide groups is 1. The minimum atomic E-state index is -2.91. The summed E-state index contributed by atoms with van der Waals surface area (Å²) >= 11 is 0. The molecule has 3 fully saturated rings. The van der Waals surface area contributed by atoms with E-state index in [0.717, 1.165) is 31.2 Å². The van der Waals surface area contributed by atoms with Gasteiger partial charge in [0.05, 0.1) is 30.4 Å². The van der Waals surface area contributed by atoms with Gasteiger partial charge in [-0.3, -0.25) is 24.5 Å². The first-order chi connectivity index (χ1) is 23.6. The first kappa shape index (κ1) is 32.6. The largest absolute Gasteiger partial charge is 0.507 e. The molecule has 49 heavy (non-hydrogen) atoms. The molecule has 0 bridgehead atoms. The van der Waals surface area contributed by atoms with Gasteiger partial charge in [0, 0.05) is 48.1 Å². The number of piperidine rings is 2. The van der Waals surface area contributed by atoms with Gasteiger partial charge in [0.15, 0.2) is 5.82 Å². The predicted octanol–water partition coefficient (Wildman–Crippen LogP) is 5.14. The molecule has 256 valence electrons. The number of likely N-dealkylation sites (tertiary alicyclic amines) is 1. The average Bonchev–Trinajstić information content (AvgIpc) is 3.58. The molecule has 13 heteroatoms. The fourth-order valence-electron chi connectivity index (χ4n) is 7.70. The van der Waals surface area contributed by atoms with Crippen molar-refractivity contribution < 1.29 is 23.5 Å². The molecule has 7 rings (SSSR count). The summed E-state index contributed by atoms with van der Waals surface area (Å²) in [5, 5.41) is 25.6. The molecular formula is C36H40F2N8O3. The van der Waals surface area contributed by atoms with Crippen LogP contribution in [0.5, 0.6) is 5.75 Å². The summed E-state index contributed by atoms with van der Waals surface area (Å²) in [7, 11) is 1.76. The maximum atomic E-state index is 15.8. The third-order valence-electron chi connectivity index (χ3n) is 10.5. The van der Waals surface area contributed by atoms with Gasteiger partial charge in [-0.2, -0.15) is 5.10 Å². The fraction of sp³-hybridized carbons (Fsp3) is 0.417. The Labute approximate surface area is 283 Å². The van der Waals surface area contributed by atoms with Crippen LogP contribution in [0.1, 0.15) is 62.5 Å². The average molecular weight is 671 g/mol. The number of phenolic OH excluding ortho intramolecular Hbond substituents is 1. The van der Waals surface area contributed by atoms with Crippen molar-refractivity contribution in [1.29, 1.82) is 0 Å². The van der Waals surface area contributed by atoms with E-state index in [1.165, 1.54) is 0 Å². The lowest BCUT2D eigenvalue weighted by molar-refractivity contribution is -0.134. The number of aromatic nitrogens is 4. The quantitative estimate of drug-likeness (QED) is 0.228. The van der Waals surface area contributed by atoms with E-state index in [-0.39, 0.29) is 48.4 Å². The van der Waals surface area contributed by atoms with Crippen molar-refractivity contribution in [2.75, 3.05) is 30.8 Å². The minimum Gasteiger partial charge on any atom is -0.507 e. The van der Waals surface area contributed by atoms with Crippen LogP contribution in [0, 0.1) is 0 Å². The van der Waals surface area contributed by atoms with Crippen molar-refractivity contribution in [1.82, 2.24) is 30.2 Å². The van der Waals surface area contributed by atoms with Gasteiger partial charge in [0.25, 0.3) is 5.92 Å². The highest BCUT2D eigenvalue weighted by Crippen LogP contribution is 2.44. The van der Waals surface area contributed by atoms with Crippen molar-refractivity contribution in [2.45, 2.75) is 74.9 Å². The summed E-state index contributed by atoms with van der Waals surface area (Å²) in [4.78, 5) is 27.7. The number of rotatable bonds is 7. The van der Waals surface area contributed by atoms with Crippen LogP contribution in [-0.2, 0) is 9.59 Å². The van der Waals surface area contributed by atoms with Gasteiger partial charge in [0.1, 0.15) is 11.8 Å². The van der Waals surface area contributed by atoms with E-state index < -0.39 is 17.9 Å². The van der Waals surface area contributed by atoms with Crippen LogP contribution >= 0.6 is 0 Å². The van der Waals surface area contributed by atoms with E-state index in [9.17, 15) is 14.7 Å². The Morgan fingerprint density at radius 3 is 2.49 bits per heavy atom. The molecule has 2 amide bonds. The van der Waals surface area contributed by atoms with Crippen LogP contribution in [0.4, 0.5) is 20.3 Å². The minimum absolute atomic E-state index is 0.0734. The Morgan fingerprint density at radius 2 is 1.73 bits per heavy atom. The maximum absolute atomic E-state index is 15.8. The SMILES string of the molecule is CN(c1cccc([C@H]2CCN(C3CCC(n4cc(-c5cc(-c6ccccc6O)nnc5N)cn4)CC3)CC2(F)F)c1)[C@H]1CCC(=O)NC1=O. The smallest absolute Gasteiger partial charge is 0.267 e. The Balaban J connectivity index is 0.974. The van der Waals surface area contributed by atoms with E-state index >= 15 is 8.78 Å². The second-order valence-corrected chi connectivity index (χ2v) is 13.5. The van der Waals surface area contributed by atoms with Crippen molar-refractivity contribution in [3.05, 3.63) is 72.6 Å². The van der Waals surface area contributed by atoms with Crippen molar-refractivity contribution in [3.8, 4) is 28.1 Å². The number of nitrogens with zero attached hydrogens (tertiary/aromatic N) is 6. The summed E-state index contributed by atoms with van der Waals surface area (Å²) in [6.07, 6.45) is 7.90. The predicted molar refractivity (Wildman–Crippen MR) is 181 cm³/mol. The van der Waals surface area contributed by atoms with E-state index in [1.54, 1.807) is 60.6 Å². The molecule has 1 aliphatic carbocycles. The molecular weight excluding hydrogens is 630 g/mol. The Morgan fingerprint density at radius 1 is 0.959 bits per heavy atom. The Kier molecular flexibility index (Phi) is 8.78. The fourth-order valence-corrected chi connectivity index (χ4v) is 7.70. The highest BCUT2D eigenvalue weighted by atomic mass is 19.3. The zero-order valence-corrected chi connectivity index (χ0v) is 27.3. The molecule has 4 N–H and O–H groups in total. The van der Waals surface area contributed by atoms with E-state index in [1.807, 2.05) is 27.9 Å². The number of hydrogen-bond acceptors (Lipinski definition) is 9. The summed E-state index contributed by atoms with van der Waals surface area (Å²) in [6, 6.07) is 15.5. The van der Waals surface area contributed by atoms with Crippen LogP contribution in [0.2, 0.25) is 0 Å². The number of nitrogens with one attached hydrogen (secondary N) is 1. The Hall–Kier alpha value is -4.91. The lowest BCUT2D eigenvalue weighted by Crippen LogP contribution is -2.52. The van der Waals surface area contributed by atoms with E-state index in [0.29, 0.717) is 47.5 Å². The molecule has 3 aliphatic rings. The number of amides is 2. The maximum Gasteiger partial charge on any atom is 0.267 e. The molecule has 4 heterocycles. The van der Waals surface area contributed by atoms with Crippen molar-refractivity contribution in [3.63, 3.8) is 0 Å². The number of nitrogen functional groups attached to an aromatic ring is 1. The van der Waals surface area contributed by atoms with Crippen LogP contribution in [0.25, 0.3) is 22.4 Å². The molecule has 0 radical (unpaired) electrons. The number of aromatic hydroxyl groups is 1. The molecule has 2 aromatic heterocycles. The first-order valence-corrected chi connectivity index (χ1v) is 16.8. The van der Waals surface area contributed by atoms with Crippen molar-refractivity contribution >= 4 is 23.3 Å². The number of likely N-dealkylation sites (N-methyl/N-ethyl adjacent to an activating group) is 1. The molecule has 2 atom stereocenters. The van der Waals surface area contributed by atoms with E-state index in [2.05, 4.69) is 20.6 Å². The highest BCUT2D eigenvalue weighted by Gasteiger charge is 2.47. The summed E-state index contributed by atoms with van der Waals surface area (Å²) in [6.45, 7) is 0.294. The zero-order valence-electron chi connectivity index (χ0n) is 27.3. The number of carbonyl (C=O) groups excluding carboxylic acids is 2. The van der Waals surface area contributed by atoms with E-state index in [4.69, 9.17) is 5.73 Å². The lowest BCUT2D eigenvalue weighted by atomic mass is 9.83. The number of phenols is 1. The van der Waals surface area contributed by atoms with Crippen LogP contribution in [-0.4, -0.2) is 79.9 Å². The third-order valence-corrected chi connectivity index (χ3v) is 10.5. The molecule has 4 aromatic rings. The van der Waals surface area contributed by atoms with Crippen LogP contribution in [0.15, 0.2) is 67.0 Å². The van der Waals surface area contributed by atoms with Gasteiger partial charge in [-0.05, 0) is 81.0 Å². The molecule has 11 nitrogen and oxygen atoms in total. The summed E-state index contributed by atoms with van der Waals surface area (Å²) < 4.78 is 33.6. The number of para-hydroxylation sites is 1. The number of carbonyl (C=O) groups is 2. The van der Waals surface area contributed by atoms with Crippen molar-refractivity contribution in [2.24, 2.45) is 0 Å². The van der Waals surface area contributed by atoms with Gasteiger partial charge in [-0.1, -0.05) is 24.3 Å². The second-order valence-electron chi connectivity index (χ2n) is 13.5. The standard InChI is InChI=1S/C36H40F2N8O3/c1-44(31-13-14-33(48)41-35(31)49)26-6-4-5-22(17-26)29-15-16-45(21-36(29,37)38)24-9-11-25(12-10-24)46-20-23(19-40-46)28-18-30(42-43-34(28)39)27-7-2-3-8-32(27)47/h2-8,17-20,24-25,29,31,47H,9-16,21H2,1H3,(H2,39,43)(H,41,48,49)/t24?,25?,29-,31+/m1/s1. The summed E-state index contributed by atoms with van der Waals surface area (Å²) in [5.74, 6) is -4.11. The van der Waals surface area contributed by atoms with Crippen LogP contribution in [0.3, 0.4) is 0 Å². The van der Waals surface area contributed by atoms with Gasteiger partial charge < -0.3 is 15.7 Å². The van der Waals surface area contributed by atoms with Gasteiger partial charge in [-0.15, -0.1) is 10.2 Å². The topological polar surface area (TPSA) is 142 Å². The molecule has 0 unspecified atom stereocenters. The monoisotopic (exact) mass is 670 g/mol. The summed E-state index contributed by atoms with van der Waals surface area (Å²) in [5.41, 5.74) is 9.97. The third kappa shape index (κ3) is 6.59. The number of alkyl halides is 2. The molecule has 1 saturated carbocycles. The second kappa shape index (κ2) is 13.2. The number of halogens is 2. The number of nitrogens with two attached hydrogens (primary N) is 1. The first-order valence-electron chi connectivity index (χ1n) is 16.8. The molecule has 2 aliphatic heterocycles.